The van der Waals surface area contributed by atoms with Crippen LogP contribution in [0.3, 0.4) is 0 Å². The third-order valence-electron chi connectivity index (χ3n) is 6.60. The Morgan fingerprint density at radius 2 is 1.78 bits per heavy atom. The normalized spacial score (nSPS) is 13.5. The molecule has 198 valence electrons. The molecule has 1 fully saturated rings. The highest BCUT2D eigenvalue weighted by Crippen LogP contribution is 2.27. The number of imidazole rings is 1. The first-order valence-electron chi connectivity index (χ1n) is 12.9. The number of hydrogen-bond acceptors (Lipinski definition) is 6. The van der Waals surface area contributed by atoms with Gasteiger partial charge in [0, 0.05) is 26.1 Å². The number of rotatable bonds is 12. The molecule has 3 aromatic rings. The Balaban J connectivity index is 1.24. The number of aromatic nitrogens is 2. The summed E-state index contributed by atoms with van der Waals surface area (Å²) in [5, 5.41) is 3.00. The fraction of sp³-hybridized carbons (Fsp3) is 0.464. The van der Waals surface area contributed by atoms with Crippen LogP contribution in [0.1, 0.15) is 30.7 Å². The monoisotopic (exact) mass is 508 g/mol. The van der Waals surface area contributed by atoms with Crippen LogP contribution in [-0.4, -0.2) is 73.3 Å². The minimum absolute atomic E-state index is 0.0179. The van der Waals surface area contributed by atoms with E-state index >= 15 is 0 Å². The first-order valence-corrected chi connectivity index (χ1v) is 12.9. The smallest absolute Gasteiger partial charge is 0.242 e. The zero-order valence-electron chi connectivity index (χ0n) is 21.7. The molecule has 0 radical (unpaired) electrons. The van der Waals surface area contributed by atoms with Gasteiger partial charge in [-0.2, -0.15) is 0 Å². The molecule has 0 unspecified atom stereocenters. The van der Waals surface area contributed by atoms with Crippen LogP contribution in [0.4, 0.5) is 0 Å². The van der Waals surface area contributed by atoms with Gasteiger partial charge in [0.15, 0.2) is 11.5 Å². The first-order chi connectivity index (χ1) is 18.1. The summed E-state index contributed by atoms with van der Waals surface area (Å²) >= 11 is 0. The van der Waals surface area contributed by atoms with Crippen LogP contribution in [-0.2, 0) is 33.7 Å². The molecule has 2 amide bonds. The molecule has 2 aromatic carbocycles. The largest absolute Gasteiger partial charge is 0.493 e. The van der Waals surface area contributed by atoms with Crippen LogP contribution in [0.25, 0.3) is 11.0 Å². The Hall–Kier alpha value is -3.59. The molecular weight excluding hydrogens is 472 g/mol. The van der Waals surface area contributed by atoms with Gasteiger partial charge in [0.25, 0.3) is 0 Å². The molecule has 0 saturated carbocycles. The molecule has 4 rings (SSSR count). The fourth-order valence-electron chi connectivity index (χ4n) is 4.59. The first kappa shape index (κ1) is 26.5. The average Bonchev–Trinajstić information content (AvgIpc) is 3.27. The van der Waals surface area contributed by atoms with Gasteiger partial charge in [-0.1, -0.05) is 24.6 Å². The SMILES string of the molecule is COc1ccc(CC(=O)NCCCCCc2nc3ccccc3n2CC(=O)N2CCOCC2)cc1OC. The highest BCUT2D eigenvalue weighted by Gasteiger charge is 2.20. The molecule has 1 saturated heterocycles. The molecule has 37 heavy (non-hydrogen) atoms. The van der Waals surface area contributed by atoms with Gasteiger partial charge in [-0.25, -0.2) is 4.98 Å². The lowest BCUT2D eigenvalue weighted by Gasteiger charge is -2.27. The number of nitrogens with one attached hydrogen (secondary N) is 1. The number of fused-ring (bicyclic) bond motifs is 1. The van der Waals surface area contributed by atoms with Crippen molar-refractivity contribution < 1.29 is 23.8 Å². The molecule has 1 aromatic heterocycles. The molecule has 1 aliphatic heterocycles. The number of nitrogens with zero attached hydrogens (tertiary/aromatic N) is 3. The number of unbranched alkanes of at least 4 members (excludes halogenated alkanes) is 2. The second-order valence-corrected chi connectivity index (χ2v) is 9.12. The van der Waals surface area contributed by atoms with E-state index in [2.05, 4.69) is 9.88 Å². The molecule has 0 aliphatic carbocycles. The summed E-state index contributed by atoms with van der Waals surface area (Å²) in [6.45, 7) is 3.37. The number of ether oxygens (including phenoxy) is 3. The summed E-state index contributed by atoms with van der Waals surface area (Å²) in [6, 6.07) is 13.5. The van der Waals surface area contributed by atoms with Crippen molar-refractivity contribution in [3.63, 3.8) is 0 Å². The molecular formula is C28H36N4O5. The molecule has 0 bridgehead atoms. The molecule has 2 heterocycles. The summed E-state index contributed by atoms with van der Waals surface area (Å²) in [6.07, 6.45) is 3.84. The Labute approximate surface area is 217 Å². The molecule has 0 atom stereocenters. The lowest BCUT2D eigenvalue weighted by molar-refractivity contribution is -0.135. The highest BCUT2D eigenvalue weighted by atomic mass is 16.5. The van der Waals surface area contributed by atoms with Gasteiger partial charge in [0.05, 0.1) is 44.9 Å². The van der Waals surface area contributed by atoms with Crippen molar-refractivity contribution >= 4 is 22.8 Å². The van der Waals surface area contributed by atoms with Crippen molar-refractivity contribution in [3.8, 4) is 11.5 Å². The van der Waals surface area contributed by atoms with Crippen molar-refractivity contribution in [2.45, 2.75) is 38.6 Å². The highest BCUT2D eigenvalue weighted by molar-refractivity contribution is 5.81. The van der Waals surface area contributed by atoms with E-state index in [0.717, 1.165) is 48.1 Å². The average molecular weight is 509 g/mol. The van der Waals surface area contributed by atoms with Crippen LogP contribution >= 0.6 is 0 Å². The second-order valence-electron chi connectivity index (χ2n) is 9.12. The van der Waals surface area contributed by atoms with Crippen LogP contribution in [0.15, 0.2) is 42.5 Å². The molecule has 0 spiro atoms. The fourth-order valence-corrected chi connectivity index (χ4v) is 4.59. The molecule has 1 N–H and O–H groups in total. The summed E-state index contributed by atoms with van der Waals surface area (Å²) in [5.74, 6) is 2.27. The predicted octanol–water partition coefficient (Wildman–Crippen LogP) is 2.98. The minimum atomic E-state index is -0.0179. The number of hydrogen-bond donors (Lipinski definition) is 1. The van der Waals surface area contributed by atoms with Gasteiger partial charge in [-0.3, -0.25) is 9.59 Å². The Morgan fingerprint density at radius 3 is 2.57 bits per heavy atom. The van der Waals surface area contributed by atoms with E-state index < -0.39 is 0 Å². The van der Waals surface area contributed by atoms with E-state index in [-0.39, 0.29) is 11.8 Å². The van der Waals surface area contributed by atoms with Crippen molar-refractivity contribution in [1.29, 1.82) is 0 Å². The zero-order valence-corrected chi connectivity index (χ0v) is 21.7. The van der Waals surface area contributed by atoms with E-state index in [1.54, 1.807) is 14.2 Å². The lowest BCUT2D eigenvalue weighted by Crippen LogP contribution is -2.42. The van der Waals surface area contributed by atoms with Crippen molar-refractivity contribution in [3.05, 3.63) is 53.9 Å². The third-order valence-corrected chi connectivity index (χ3v) is 6.60. The quantitative estimate of drug-likeness (QED) is 0.378. The van der Waals surface area contributed by atoms with Gasteiger partial charge >= 0.3 is 0 Å². The van der Waals surface area contributed by atoms with Gasteiger partial charge in [-0.05, 0) is 42.7 Å². The third kappa shape index (κ3) is 7.01. The van der Waals surface area contributed by atoms with Crippen molar-refractivity contribution in [1.82, 2.24) is 19.8 Å². The van der Waals surface area contributed by atoms with E-state index in [4.69, 9.17) is 19.2 Å². The summed E-state index contributed by atoms with van der Waals surface area (Å²) in [7, 11) is 3.17. The second kappa shape index (κ2) is 13.1. The maximum absolute atomic E-state index is 12.9. The lowest BCUT2D eigenvalue weighted by atomic mass is 10.1. The van der Waals surface area contributed by atoms with Crippen LogP contribution in [0.2, 0.25) is 0 Å². The van der Waals surface area contributed by atoms with Gasteiger partial charge in [0.2, 0.25) is 11.8 Å². The molecule has 9 nitrogen and oxygen atoms in total. The predicted molar refractivity (Wildman–Crippen MR) is 141 cm³/mol. The number of benzene rings is 2. The number of para-hydroxylation sites is 2. The number of morpholine rings is 1. The summed E-state index contributed by atoms with van der Waals surface area (Å²) in [5.41, 5.74) is 2.77. The zero-order chi connectivity index (χ0) is 26.0. The number of aryl methyl sites for hydroxylation is 1. The number of carbonyl (C=O) groups excluding carboxylic acids is 2. The molecule has 1 aliphatic rings. The van der Waals surface area contributed by atoms with Gasteiger partial charge in [0.1, 0.15) is 12.4 Å². The topological polar surface area (TPSA) is 94.9 Å². The van der Waals surface area contributed by atoms with Crippen molar-refractivity contribution in [2.75, 3.05) is 47.1 Å². The van der Waals surface area contributed by atoms with Gasteiger partial charge < -0.3 is 29.0 Å². The Morgan fingerprint density at radius 1 is 1.00 bits per heavy atom. The number of carbonyl (C=O) groups is 2. The van der Waals surface area contributed by atoms with Gasteiger partial charge in [-0.15, -0.1) is 0 Å². The van der Waals surface area contributed by atoms with Crippen LogP contribution < -0.4 is 14.8 Å². The van der Waals surface area contributed by atoms with E-state index in [9.17, 15) is 9.59 Å². The standard InChI is InChI=1S/C28H36N4O5/c1-35-24-12-11-21(18-25(24)36-2)19-27(33)29-13-7-3-4-10-26-30-22-8-5-6-9-23(22)32(26)20-28(34)31-14-16-37-17-15-31/h5-6,8-9,11-12,18H,3-4,7,10,13-17,19-20H2,1-2H3,(H,29,33). The number of methoxy groups -OCH3 is 2. The minimum Gasteiger partial charge on any atom is -0.493 e. The van der Waals surface area contributed by atoms with E-state index in [1.807, 2.05) is 47.4 Å². The molecule has 9 heteroatoms. The number of amides is 2. The van der Waals surface area contributed by atoms with Crippen LogP contribution in [0.5, 0.6) is 11.5 Å². The summed E-state index contributed by atoms with van der Waals surface area (Å²) < 4.78 is 18.0. The van der Waals surface area contributed by atoms with Crippen LogP contribution in [0, 0.1) is 0 Å². The summed E-state index contributed by atoms with van der Waals surface area (Å²) in [4.78, 5) is 31.9. The van der Waals surface area contributed by atoms with E-state index in [0.29, 0.717) is 57.3 Å². The van der Waals surface area contributed by atoms with E-state index in [1.165, 1.54) is 0 Å². The Kier molecular flexibility index (Phi) is 9.37. The Bertz CT molecular complexity index is 1200. The maximum Gasteiger partial charge on any atom is 0.242 e. The van der Waals surface area contributed by atoms with Crippen molar-refractivity contribution in [2.24, 2.45) is 0 Å². The maximum atomic E-state index is 12.9.